The van der Waals surface area contributed by atoms with Crippen molar-refractivity contribution in [2.24, 2.45) is 5.73 Å². The van der Waals surface area contributed by atoms with Crippen molar-refractivity contribution in [1.82, 2.24) is 24.6 Å². The number of hydrogen-bond donors (Lipinski definition) is 1. The van der Waals surface area contributed by atoms with Crippen LogP contribution in [0.2, 0.25) is 0 Å². The molecule has 5 rings (SSSR count). The molecule has 2 aliphatic heterocycles. The van der Waals surface area contributed by atoms with Gasteiger partial charge in [0.25, 0.3) is 5.91 Å². The second kappa shape index (κ2) is 10.1. The number of ether oxygens (including phenoxy) is 2. The summed E-state index contributed by atoms with van der Waals surface area (Å²) in [5.41, 5.74) is 8.05. The first-order valence-electron chi connectivity index (χ1n) is 12.3. The van der Waals surface area contributed by atoms with Gasteiger partial charge in [0.1, 0.15) is 6.10 Å². The lowest BCUT2D eigenvalue weighted by atomic mass is 10.1. The fourth-order valence-corrected chi connectivity index (χ4v) is 4.84. The number of piperidine rings is 1. The second-order valence-corrected chi connectivity index (χ2v) is 9.41. The molecule has 0 aliphatic carbocycles. The predicted octanol–water partition coefficient (Wildman–Crippen LogP) is 2.96. The van der Waals surface area contributed by atoms with Gasteiger partial charge < -0.3 is 25.0 Å². The van der Waals surface area contributed by atoms with Crippen LogP contribution in [0.3, 0.4) is 0 Å². The zero-order valence-electron chi connectivity index (χ0n) is 20.6. The van der Waals surface area contributed by atoms with E-state index in [1.54, 1.807) is 31.3 Å². The molecule has 1 aromatic carbocycles. The number of hydrogen-bond acceptors (Lipinski definition) is 8. The Bertz CT molecular complexity index is 1260. The molecule has 1 unspecified atom stereocenters. The highest BCUT2D eigenvalue weighted by molar-refractivity contribution is 6.01. The maximum Gasteiger partial charge on any atom is 0.404 e. The molecule has 0 spiro atoms. The van der Waals surface area contributed by atoms with Crippen molar-refractivity contribution in [2.75, 3.05) is 38.7 Å². The number of nitrogens with two attached hydrogens (primary N) is 1. The van der Waals surface area contributed by atoms with E-state index in [2.05, 4.69) is 9.88 Å². The number of benzene rings is 1. The topological polar surface area (TPSA) is 129 Å². The number of carbonyl (C=O) groups excluding carboxylic acids is 2. The Labute approximate surface area is 209 Å². The summed E-state index contributed by atoms with van der Waals surface area (Å²) in [5.74, 6) is 0.518. The monoisotopic (exact) mass is 493 g/mol. The fraction of sp³-hybridized carbons (Fsp3) is 0.480. The highest BCUT2D eigenvalue weighted by Crippen LogP contribution is 2.35. The average Bonchev–Trinajstić information content (AvgIpc) is 3.28. The average molecular weight is 494 g/mol. The molecule has 2 amide bonds. The molecule has 3 aromatic rings. The van der Waals surface area contributed by atoms with E-state index in [0.717, 1.165) is 35.9 Å². The second-order valence-electron chi connectivity index (χ2n) is 9.41. The third kappa shape index (κ3) is 4.83. The Kier molecular flexibility index (Phi) is 6.73. The lowest BCUT2D eigenvalue weighted by Crippen LogP contribution is -2.39. The van der Waals surface area contributed by atoms with Crippen molar-refractivity contribution < 1.29 is 19.1 Å². The lowest BCUT2D eigenvalue weighted by Gasteiger charge is -2.31. The van der Waals surface area contributed by atoms with E-state index in [4.69, 9.17) is 25.3 Å². The standard InChI is InChI=1S/C25H31N7O4/c1-30(2)23(33)16-6-7-19-18(15-16)22(32(29-19)21-5-3-4-14-35-21)20-8-11-27-25(28-20)31-12-9-17(10-13-31)36-24(26)34/h6-8,11,15,17,21H,3-5,9-10,12-14H2,1-2H3,(H2,26,34). The SMILES string of the molecule is CN(C)C(=O)c1ccc2nn(C3CCCCO3)c(-c3ccnc(N4CCC(OC(N)=O)CC4)n3)c2c1. The number of nitrogens with zero attached hydrogens (tertiary/aromatic N) is 6. The number of anilines is 1. The molecule has 1 atom stereocenters. The number of carbonyl (C=O) groups is 2. The van der Waals surface area contributed by atoms with Gasteiger partial charge in [-0.3, -0.25) is 4.79 Å². The summed E-state index contributed by atoms with van der Waals surface area (Å²) < 4.78 is 13.1. The molecule has 11 heteroatoms. The molecular weight excluding hydrogens is 462 g/mol. The molecule has 4 heterocycles. The molecule has 0 radical (unpaired) electrons. The van der Waals surface area contributed by atoms with E-state index in [0.29, 0.717) is 49.7 Å². The Balaban J connectivity index is 1.53. The maximum atomic E-state index is 12.7. The first kappa shape index (κ1) is 24.0. The van der Waals surface area contributed by atoms with Crippen molar-refractivity contribution in [1.29, 1.82) is 0 Å². The van der Waals surface area contributed by atoms with Crippen molar-refractivity contribution in [3.05, 3.63) is 36.0 Å². The van der Waals surface area contributed by atoms with E-state index in [-0.39, 0.29) is 18.2 Å². The van der Waals surface area contributed by atoms with E-state index < -0.39 is 6.09 Å². The molecule has 2 aliphatic rings. The van der Waals surface area contributed by atoms with Gasteiger partial charge in [-0.1, -0.05) is 0 Å². The van der Waals surface area contributed by atoms with Crippen LogP contribution in [0, 0.1) is 0 Å². The molecule has 2 N–H and O–H groups in total. The number of aromatic nitrogens is 4. The summed E-state index contributed by atoms with van der Waals surface area (Å²) in [6.07, 6.45) is 4.86. The molecule has 2 aromatic heterocycles. The van der Waals surface area contributed by atoms with Gasteiger partial charge in [-0.05, 0) is 43.5 Å². The first-order chi connectivity index (χ1) is 17.4. The summed E-state index contributed by atoms with van der Waals surface area (Å²) >= 11 is 0. The summed E-state index contributed by atoms with van der Waals surface area (Å²) in [7, 11) is 3.47. The molecule has 2 saturated heterocycles. The third-order valence-corrected chi connectivity index (χ3v) is 6.67. The minimum atomic E-state index is -0.746. The van der Waals surface area contributed by atoms with Crippen LogP contribution in [0.4, 0.5) is 10.7 Å². The maximum absolute atomic E-state index is 12.7. The Morgan fingerprint density at radius 1 is 1.14 bits per heavy atom. The van der Waals surface area contributed by atoms with Crippen molar-refractivity contribution >= 4 is 28.9 Å². The number of primary amides is 1. The zero-order chi connectivity index (χ0) is 25.2. The number of fused-ring (bicyclic) bond motifs is 1. The Hall–Kier alpha value is -3.73. The van der Waals surface area contributed by atoms with Crippen LogP contribution < -0.4 is 10.6 Å². The van der Waals surface area contributed by atoms with Gasteiger partial charge in [0.2, 0.25) is 5.95 Å². The highest BCUT2D eigenvalue weighted by Gasteiger charge is 2.27. The van der Waals surface area contributed by atoms with Gasteiger partial charge in [-0.2, -0.15) is 5.10 Å². The van der Waals surface area contributed by atoms with Crippen LogP contribution in [0.15, 0.2) is 30.5 Å². The lowest BCUT2D eigenvalue weighted by molar-refractivity contribution is -0.0380. The van der Waals surface area contributed by atoms with E-state index in [9.17, 15) is 9.59 Å². The van der Waals surface area contributed by atoms with Crippen molar-refractivity contribution in [2.45, 2.75) is 44.4 Å². The Morgan fingerprint density at radius 2 is 1.94 bits per heavy atom. The van der Waals surface area contributed by atoms with Crippen molar-refractivity contribution in [3.8, 4) is 11.4 Å². The van der Waals surface area contributed by atoms with Crippen LogP contribution in [0.1, 0.15) is 48.7 Å². The van der Waals surface area contributed by atoms with Gasteiger partial charge in [0.15, 0.2) is 6.23 Å². The molecule has 2 fully saturated rings. The van der Waals surface area contributed by atoms with E-state index >= 15 is 0 Å². The summed E-state index contributed by atoms with van der Waals surface area (Å²) in [5, 5.41) is 5.71. The summed E-state index contributed by atoms with van der Waals surface area (Å²) in [6, 6.07) is 7.42. The molecule has 0 bridgehead atoms. The van der Waals surface area contributed by atoms with Crippen LogP contribution >= 0.6 is 0 Å². The van der Waals surface area contributed by atoms with Gasteiger partial charge in [0, 0.05) is 63.8 Å². The fourth-order valence-electron chi connectivity index (χ4n) is 4.84. The smallest absolute Gasteiger partial charge is 0.404 e. The van der Waals surface area contributed by atoms with Crippen LogP contribution in [-0.2, 0) is 9.47 Å². The number of amides is 2. The molecule has 11 nitrogen and oxygen atoms in total. The molecule has 190 valence electrons. The van der Waals surface area contributed by atoms with Gasteiger partial charge in [0.05, 0.1) is 16.9 Å². The molecular formula is C25H31N7O4. The largest absolute Gasteiger partial charge is 0.446 e. The minimum absolute atomic E-state index is 0.0751. The first-order valence-corrected chi connectivity index (χ1v) is 12.3. The molecule has 36 heavy (non-hydrogen) atoms. The third-order valence-electron chi connectivity index (χ3n) is 6.67. The van der Waals surface area contributed by atoms with Gasteiger partial charge >= 0.3 is 6.09 Å². The quantitative estimate of drug-likeness (QED) is 0.574. The Morgan fingerprint density at radius 3 is 2.64 bits per heavy atom. The van der Waals surface area contributed by atoms with E-state index in [1.807, 2.05) is 22.9 Å². The van der Waals surface area contributed by atoms with Crippen molar-refractivity contribution in [3.63, 3.8) is 0 Å². The van der Waals surface area contributed by atoms with Crippen LogP contribution in [-0.4, -0.2) is 76.5 Å². The summed E-state index contributed by atoms with van der Waals surface area (Å²) in [4.78, 5) is 36.8. The van der Waals surface area contributed by atoms with Gasteiger partial charge in [-0.15, -0.1) is 0 Å². The molecule has 0 saturated carbocycles. The predicted molar refractivity (Wildman–Crippen MR) is 134 cm³/mol. The highest BCUT2D eigenvalue weighted by atomic mass is 16.6. The minimum Gasteiger partial charge on any atom is -0.446 e. The summed E-state index contributed by atoms with van der Waals surface area (Å²) in [6.45, 7) is 1.98. The van der Waals surface area contributed by atoms with Crippen LogP contribution in [0.25, 0.3) is 22.3 Å². The number of rotatable bonds is 5. The van der Waals surface area contributed by atoms with Gasteiger partial charge in [-0.25, -0.2) is 19.4 Å². The van der Waals surface area contributed by atoms with E-state index in [1.165, 1.54) is 0 Å². The normalized spacial score (nSPS) is 18.8. The zero-order valence-corrected chi connectivity index (χ0v) is 20.6. The van der Waals surface area contributed by atoms with Crippen LogP contribution in [0.5, 0.6) is 0 Å².